The average Bonchev–Trinajstić information content (AvgIpc) is 2.72. The van der Waals surface area contributed by atoms with Gasteiger partial charge in [0.1, 0.15) is 5.54 Å². The number of rotatable bonds is 3. The van der Waals surface area contributed by atoms with Gasteiger partial charge in [-0.05, 0) is 25.6 Å². The van der Waals surface area contributed by atoms with Gasteiger partial charge in [0, 0.05) is 11.3 Å². The van der Waals surface area contributed by atoms with Crippen LogP contribution in [0.15, 0.2) is 54.6 Å². The molecule has 1 heterocycles. The molecular weight excluding hydrogens is 248 g/mol. The maximum atomic E-state index is 12.8. The van der Waals surface area contributed by atoms with Gasteiger partial charge in [-0.1, -0.05) is 48.5 Å². The van der Waals surface area contributed by atoms with E-state index in [1.54, 1.807) is 0 Å². The number of anilines is 1. The molecule has 0 fully saturated rings. The lowest BCUT2D eigenvalue weighted by Gasteiger charge is -2.23. The first-order valence-corrected chi connectivity index (χ1v) is 6.81. The normalized spacial score (nSPS) is 21.1. The number of nitrogens with one attached hydrogen (secondary N) is 1. The summed E-state index contributed by atoms with van der Waals surface area (Å²) in [5.74, 6) is 0.102. The Hall–Kier alpha value is -2.13. The van der Waals surface area contributed by atoms with Crippen LogP contribution in [-0.2, 0) is 16.9 Å². The number of likely N-dealkylation sites (N-methyl/N-ethyl adjacent to an activating group) is 1. The van der Waals surface area contributed by atoms with Gasteiger partial charge in [0.05, 0.1) is 6.54 Å². The quantitative estimate of drug-likeness (QED) is 0.926. The van der Waals surface area contributed by atoms with Crippen LogP contribution in [0, 0.1) is 0 Å². The highest BCUT2D eigenvalue weighted by atomic mass is 16.2. The Kier molecular flexibility index (Phi) is 3.07. The van der Waals surface area contributed by atoms with Gasteiger partial charge in [0.25, 0.3) is 5.91 Å². The minimum atomic E-state index is -0.634. The lowest BCUT2D eigenvalue weighted by atomic mass is 9.94. The molecule has 2 aromatic carbocycles. The zero-order valence-corrected chi connectivity index (χ0v) is 11.8. The van der Waals surface area contributed by atoms with Crippen LogP contribution < -0.4 is 10.2 Å². The van der Waals surface area contributed by atoms with E-state index in [-0.39, 0.29) is 5.91 Å². The van der Waals surface area contributed by atoms with Crippen molar-refractivity contribution in [3.63, 3.8) is 0 Å². The Balaban J connectivity index is 2.03. The molecule has 0 saturated carbocycles. The minimum absolute atomic E-state index is 0.102. The maximum absolute atomic E-state index is 12.8. The molecule has 0 bridgehead atoms. The second-order valence-corrected chi connectivity index (χ2v) is 5.27. The first-order chi connectivity index (χ1) is 9.66. The zero-order valence-electron chi connectivity index (χ0n) is 11.8. The van der Waals surface area contributed by atoms with Crippen molar-refractivity contribution >= 4 is 11.6 Å². The number of carbonyl (C=O) groups is 1. The fraction of sp³-hybridized carbons (Fsp3) is 0.235. The molecule has 1 aliphatic rings. The molecule has 1 N–H and O–H groups in total. The van der Waals surface area contributed by atoms with Crippen molar-refractivity contribution in [1.29, 1.82) is 0 Å². The van der Waals surface area contributed by atoms with E-state index in [1.807, 2.05) is 73.5 Å². The molecule has 1 atom stereocenters. The van der Waals surface area contributed by atoms with E-state index in [1.165, 1.54) is 0 Å². The molecule has 102 valence electrons. The lowest BCUT2D eigenvalue weighted by Crippen LogP contribution is -2.46. The smallest absolute Gasteiger partial charge is 0.252 e. The summed E-state index contributed by atoms with van der Waals surface area (Å²) >= 11 is 0. The number of fused-ring (bicyclic) bond motifs is 1. The van der Waals surface area contributed by atoms with Crippen molar-refractivity contribution in [2.45, 2.75) is 19.0 Å². The Morgan fingerprint density at radius 3 is 2.40 bits per heavy atom. The number of amides is 1. The predicted molar refractivity (Wildman–Crippen MR) is 80.5 cm³/mol. The van der Waals surface area contributed by atoms with Crippen molar-refractivity contribution in [2.75, 3.05) is 11.9 Å². The predicted octanol–water partition coefficient (Wildman–Crippen LogP) is 2.67. The summed E-state index contributed by atoms with van der Waals surface area (Å²) < 4.78 is 0. The molecule has 0 aromatic heterocycles. The van der Waals surface area contributed by atoms with Crippen LogP contribution in [0.3, 0.4) is 0 Å². The number of para-hydroxylation sites is 1. The van der Waals surface area contributed by atoms with Crippen LogP contribution in [0.2, 0.25) is 0 Å². The molecule has 2 aromatic rings. The largest absolute Gasteiger partial charge is 0.306 e. The van der Waals surface area contributed by atoms with E-state index in [9.17, 15) is 4.79 Å². The third kappa shape index (κ3) is 1.82. The fourth-order valence-electron chi connectivity index (χ4n) is 2.79. The fourth-order valence-corrected chi connectivity index (χ4v) is 2.79. The maximum Gasteiger partial charge on any atom is 0.252 e. The van der Waals surface area contributed by atoms with E-state index in [0.717, 1.165) is 16.8 Å². The van der Waals surface area contributed by atoms with Gasteiger partial charge in [-0.25, -0.2) is 0 Å². The first kappa shape index (κ1) is 12.9. The number of hydrogen-bond acceptors (Lipinski definition) is 2. The van der Waals surface area contributed by atoms with Gasteiger partial charge in [-0.3, -0.25) is 4.79 Å². The summed E-state index contributed by atoms with van der Waals surface area (Å²) in [5, 5.41) is 3.17. The van der Waals surface area contributed by atoms with Crippen LogP contribution in [0.25, 0.3) is 0 Å². The molecule has 3 nitrogen and oxygen atoms in total. The van der Waals surface area contributed by atoms with Crippen molar-refractivity contribution in [2.24, 2.45) is 0 Å². The van der Waals surface area contributed by atoms with Gasteiger partial charge < -0.3 is 10.2 Å². The van der Waals surface area contributed by atoms with Crippen molar-refractivity contribution < 1.29 is 4.79 Å². The van der Waals surface area contributed by atoms with Crippen molar-refractivity contribution in [1.82, 2.24) is 5.32 Å². The van der Waals surface area contributed by atoms with Crippen molar-refractivity contribution in [3.8, 4) is 0 Å². The molecule has 1 aliphatic heterocycles. The van der Waals surface area contributed by atoms with Crippen molar-refractivity contribution in [3.05, 3.63) is 65.7 Å². The lowest BCUT2D eigenvalue weighted by molar-refractivity contribution is -0.123. The Labute approximate surface area is 119 Å². The van der Waals surface area contributed by atoms with Crippen LogP contribution >= 0.6 is 0 Å². The molecule has 1 amide bonds. The SMILES string of the molecule is CNC1(C)C(=O)N(Cc2ccccc2)c2ccccc21. The number of hydrogen-bond donors (Lipinski definition) is 1. The summed E-state index contributed by atoms with van der Waals surface area (Å²) in [6, 6.07) is 18.1. The standard InChI is InChI=1S/C17H18N2O/c1-17(18-2)14-10-6-7-11-15(14)19(16(17)20)12-13-8-4-3-5-9-13/h3-11,18H,12H2,1-2H3. The highest BCUT2D eigenvalue weighted by molar-refractivity contribution is 6.07. The van der Waals surface area contributed by atoms with E-state index < -0.39 is 5.54 Å². The van der Waals surface area contributed by atoms with Gasteiger partial charge in [0.15, 0.2) is 0 Å². The van der Waals surface area contributed by atoms with Crippen LogP contribution in [0.4, 0.5) is 5.69 Å². The molecular formula is C17H18N2O. The van der Waals surface area contributed by atoms with Gasteiger partial charge in [0.2, 0.25) is 0 Å². The third-order valence-corrected chi connectivity index (χ3v) is 4.09. The average molecular weight is 266 g/mol. The monoisotopic (exact) mass is 266 g/mol. The third-order valence-electron chi connectivity index (χ3n) is 4.09. The molecule has 0 radical (unpaired) electrons. The van der Waals surface area contributed by atoms with Crippen LogP contribution in [0.5, 0.6) is 0 Å². The second-order valence-electron chi connectivity index (χ2n) is 5.27. The summed E-state index contributed by atoms with van der Waals surface area (Å²) in [6.07, 6.45) is 0. The molecule has 3 heteroatoms. The van der Waals surface area contributed by atoms with Crippen LogP contribution in [0.1, 0.15) is 18.1 Å². The summed E-state index contributed by atoms with van der Waals surface area (Å²) in [4.78, 5) is 14.6. The number of nitrogens with zero attached hydrogens (tertiary/aromatic N) is 1. The second kappa shape index (κ2) is 4.76. The molecule has 1 unspecified atom stereocenters. The van der Waals surface area contributed by atoms with E-state index in [2.05, 4.69) is 5.32 Å². The first-order valence-electron chi connectivity index (χ1n) is 6.81. The zero-order chi connectivity index (χ0) is 14.2. The topological polar surface area (TPSA) is 32.3 Å². The number of carbonyl (C=O) groups excluding carboxylic acids is 1. The summed E-state index contributed by atoms with van der Waals surface area (Å²) in [6.45, 7) is 2.55. The van der Waals surface area contributed by atoms with E-state index in [4.69, 9.17) is 0 Å². The Morgan fingerprint density at radius 1 is 1.05 bits per heavy atom. The molecule has 0 spiro atoms. The van der Waals surface area contributed by atoms with Gasteiger partial charge >= 0.3 is 0 Å². The minimum Gasteiger partial charge on any atom is -0.306 e. The van der Waals surface area contributed by atoms with E-state index >= 15 is 0 Å². The number of benzene rings is 2. The summed E-state index contributed by atoms with van der Waals surface area (Å²) in [7, 11) is 1.83. The highest BCUT2D eigenvalue weighted by Gasteiger charge is 2.46. The molecule has 0 saturated heterocycles. The molecule has 3 rings (SSSR count). The Bertz CT molecular complexity index is 638. The van der Waals surface area contributed by atoms with E-state index in [0.29, 0.717) is 6.54 Å². The molecule has 20 heavy (non-hydrogen) atoms. The van der Waals surface area contributed by atoms with Gasteiger partial charge in [-0.2, -0.15) is 0 Å². The summed E-state index contributed by atoms with van der Waals surface area (Å²) in [5.41, 5.74) is 2.54. The Morgan fingerprint density at radius 2 is 1.70 bits per heavy atom. The highest BCUT2D eigenvalue weighted by Crippen LogP contribution is 2.40. The van der Waals surface area contributed by atoms with Crippen LogP contribution in [-0.4, -0.2) is 13.0 Å². The van der Waals surface area contributed by atoms with Gasteiger partial charge in [-0.15, -0.1) is 0 Å². The molecule has 0 aliphatic carbocycles.